The molecule has 10 nitrogen and oxygen atoms in total. The lowest BCUT2D eigenvalue weighted by Crippen LogP contribution is -2.64. The van der Waals surface area contributed by atoms with Crippen molar-refractivity contribution >= 4 is 40.3 Å². The molecule has 11 heteroatoms. The number of nitriles is 1. The van der Waals surface area contributed by atoms with Crippen molar-refractivity contribution in [2.45, 2.75) is 30.3 Å². The number of carbonyl (C=O) groups is 1. The van der Waals surface area contributed by atoms with Crippen LogP contribution in [0.25, 0.3) is 0 Å². The second-order valence-corrected chi connectivity index (χ2v) is 10.1. The molecule has 2 heterocycles. The molecule has 1 amide bonds. The Kier molecular flexibility index (Phi) is 8.97. The SMILES string of the molecule is C=CC(=O)Nc1cc(NC2NCC(Cl)C(Nc3ccccc3C#N)N2)c(OC)cc1N1CCC(N(C)C)C1. The average Bonchev–Trinajstić information content (AvgIpc) is 3.41. The molecule has 0 saturated carbocycles. The van der Waals surface area contributed by atoms with Crippen LogP contribution in [0.1, 0.15) is 12.0 Å². The summed E-state index contributed by atoms with van der Waals surface area (Å²) in [7, 11) is 5.79. The number of nitrogens with one attached hydrogen (secondary N) is 5. The summed E-state index contributed by atoms with van der Waals surface area (Å²) in [5.41, 5.74) is 3.50. The lowest BCUT2D eigenvalue weighted by molar-refractivity contribution is -0.111. The van der Waals surface area contributed by atoms with Crippen LogP contribution in [0.5, 0.6) is 5.75 Å². The van der Waals surface area contributed by atoms with E-state index in [0.29, 0.717) is 41.0 Å². The van der Waals surface area contributed by atoms with Crippen molar-refractivity contribution < 1.29 is 9.53 Å². The Bertz CT molecular complexity index is 1200. The van der Waals surface area contributed by atoms with Gasteiger partial charge < -0.3 is 30.5 Å². The van der Waals surface area contributed by atoms with E-state index < -0.39 is 0 Å². The molecule has 0 aliphatic carbocycles. The van der Waals surface area contributed by atoms with Crippen LogP contribution in [0.4, 0.5) is 22.7 Å². The molecule has 0 radical (unpaired) electrons. The van der Waals surface area contributed by atoms with Gasteiger partial charge in [0.1, 0.15) is 18.1 Å². The van der Waals surface area contributed by atoms with E-state index in [1.165, 1.54) is 6.08 Å². The maximum absolute atomic E-state index is 12.3. The number of halogens is 1. The van der Waals surface area contributed by atoms with E-state index in [1.54, 1.807) is 13.2 Å². The van der Waals surface area contributed by atoms with E-state index >= 15 is 0 Å². The molecular formula is C27H35ClN8O2. The third-order valence-corrected chi connectivity index (χ3v) is 7.28. The number of anilines is 4. The number of hydrogen-bond donors (Lipinski definition) is 5. The topological polar surface area (TPSA) is 117 Å². The molecule has 2 fully saturated rings. The summed E-state index contributed by atoms with van der Waals surface area (Å²) in [4.78, 5) is 16.8. The number of hydrogen-bond acceptors (Lipinski definition) is 9. The van der Waals surface area contributed by atoms with E-state index in [2.05, 4.69) is 63.1 Å². The Morgan fingerprint density at radius 3 is 2.74 bits per heavy atom. The summed E-state index contributed by atoms with van der Waals surface area (Å²) in [6, 6.07) is 13.8. The zero-order chi connectivity index (χ0) is 27.2. The van der Waals surface area contributed by atoms with Crippen LogP contribution in [0.15, 0.2) is 49.1 Å². The Morgan fingerprint density at radius 2 is 2.05 bits per heavy atom. The van der Waals surface area contributed by atoms with Gasteiger partial charge in [0, 0.05) is 31.7 Å². The first-order chi connectivity index (χ1) is 18.3. The molecule has 202 valence electrons. The van der Waals surface area contributed by atoms with Gasteiger partial charge in [0.15, 0.2) is 0 Å². The van der Waals surface area contributed by atoms with Crippen LogP contribution < -0.4 is 36.2 Å². The third kappa shape index (κ3) is 6.31. The number of alkyl halides is 1. The number of likely N-dealkylation sites (N-methyl/N-ethyl adjacent to an activating group) is 1. The molecule has 0 spiro atoms. The Balaban J connectivity index is 1.57. The van der Waals surface area contributed by atoms with Crippen molar-refractivity contribution in [1.82, 2.24) is 15.5 Å². The number of para-hydroxylation sites is 1. The van der Waals surface area contributed by atoms with Gasteiger partial charge in [-0.3, -0.25) is 15.4 Å². The number of carbonyl (C=O) groups excluding carboxylic acids is 1. The standard InChI is InChI=1S/C27H35ClN8O2/c1-5-25(37)31-21-12-22(24(38-4)13-23(21)36-11-10-18(16-36)35(2)3)33-27-30-15-19(28)26(34-27)32-20-9-7-6-8-17(20)14-29/h5-9,12-13,18-19,26-27,30,32-34H,1,10-11,15-16H2,2-4H3,(H,31,37). The molecule has 0 bridgehead atoms. The highest BCUT2D eigenvalue weighted by Gasteiger charge is 2.30. The van der Waals surface area contributed by atoms with Gasteiger partial charge in [-0.05, 0) is 44.8 Å². The molecule has 5 N–H and O–H groups in total. The van der Waals surface area contributed by atoms with Gasteiger partial charge in [-0.1, -0.05) is 18.7 Å². The fraction of sp³-hybridized carbons (Fsp3) is 0.407. The second-order valence-electron chi connectivity index (χ2n) is 9.56. The van der Waals surface area contributed by atoms with Crippen LogP contribution in [-0.4, -0.2) is 75.5 Å². The summed E-state index contributed by atoms with van der Waals surface area (Å²) < 4.78 is 5.76. The van der Waals surface area contributed by atoms with Crippen LogP contribution in [0.3, 0.4) is 0 Å². The highest BCUT2D eigenvalue weighted by Crippen LogP contribution is 2.39. The molecule has 4 rings (SSSR count). The van der Waals surface area contributed by atoms with Crippen molar-refractivity contribution in [2.75, 3.05) is 61.7 Å². The minimum atomic E-state index is -0.371. The zero-order valence-electron chi connectivity index (χ0n) is 21.9. The lowest BCUT2D eigenvalue weighted by Gasteiger charge is -2.37. The number of methoxy groups -OCH3 is 1. The molecular weight excluding hydrogens is 504 g/mol. The van der Waals surface area contributed by atoms with Crippen molar-refractivity contribution in [2.24, 2.45) is 0 Å². The quantitative estimate of drug-likeness (QED) is 0.243. The number of rotatable bonds is 9. The predicted octanol–water partition coefficient (Wildman–Crippen LogP) is 2.77. The Hall–Kier alpha value is -3.49. The van der Waals surface area contributed by atoms with Gasteiger partial charge in [-0.2, -0.15) is 5.26 Å². The summed E-state index contributed by atoms with van der Waals surface area (Å²) in [5, 5.41) is 25.7. The first-order valence-corrected chi connectivity index (χ1v) is 13.0. The van der Waals surface area contributed by atoms with E-state index in [-0.39, 0.29) is 23.7 Å². The first-order valence-electron chi connectivity index (χ1n) is 12.6. The van der Waals surface area contributed by atoms with E-state index in [9.17, 15) is 10.1 Å². The lowest BCUT2D eigenvalue weighted by atomic mass is 10.1. The third-order valence-electron chi connectivity index (χ3n) is 6.88. The first kappa shape index (κ1) is 27.5. The molecule has 4 unspecified atom stereocenters. The highest BCUT2D eigenvalue weighted by molar-refractivity contribution is 6.21. The van der Waals surface area contributed by atoms with Gasteiger partial charge in [0.2, 0.25) is 5.91 Å². The van der Waals surface area contributed by atoms with Gasteiger partial charge in [0.25, 0.3) is 0 Å². The van der Waals surface area contributed by atoms with E-state index in [1.807, 2.05) is 30.3 Å². The van der Waals surface area contributed by atoms with Crippen LogP contribution >= 0.6 is 11.6 Å². The number of benzene rings is 2. The Labute approximate surface area is 229 Å². The fourth-order valence-electron chi connectivity index (χ4n) is 4.72. The average molecular weight is 539 g/mol. The van der Waals surface area contributed by atoms with Crippen LogP contribution in [0, 0.1) is 11.3 Å². The maximum atomic E-state index is 12.3. The van der Waals surface area contributed by atoms with Crippen molar-refractivity contribution in [1.29, 1.82) is 5.26 Å². The van der Waals surface area contributed by atoms with E-state index in [4.69, 9.17) is 16.3 Å². The second kappa shape index (κ2) is 12.4. The predicted molar refractivity (Wildman–Crippen MR) is 153 cm³/mol. The van der Waals surface area contributed by atoms with Crippen LogP contribution in [-0.2, 0) is 4.79 Å². The Morgan fingerprint density at radius 1 is 1.26 bits per heavy atom. The normalized spacial score (nSPS) is 23.0. The number of nitrogens with zero attached hydrogens (tertiary/aromatic N) is 3. The van der Waals surface area contributed by atoms with Gasteiger partial charge >= 0.3 is 0 Å². The molecule has 4 atom stereocenters. The van der Waals surface area contributed by atoms with Gasteiger partial charge in [-0.25, -0.2) is 0 Å². The molecule has 2 aliphatic rings. The molecule has 38 heavy (non-hydrogen) atoms. The summed E-state index contributed by atoms with van der Waals surface area (Å²) in [5.74, 6) is 0.353. The van der Waals surface area contributed by atoms with E-state index in [0.717, 1.165) is 25.2 Å². The summed E-state index contributed by atoms with van der Waals surface area (Å²) in [6.07, 6.45) is 1.60. The molecule has 2 aliphatic heterocycles. The molecule has 0 aromatic heterocycles. The summed E-state index contributed by atoms with van der Waals surface area (Å²) in [6.45, 7) is 5.83. The van der Waals surface area contributed by atoms with Gasteiger partial charge in [0.05, 0.1) is 47.0 Å². The van der Waals surface area contributed by atoms with Gasteiger partial charge in [-0.15, -0.1) is 11.6 Å². The monoisotopic (exact) mass is 538 g/mol. The molecule has 2 aromatic carbocycles. The highest BCUT2D eigenvalue weighted by atomic mass is 35.5. The zero-order valence-corrected chi connectivity index (χ0v) is 22.7. The van der Waals surface area contributed by atoms with Crippen molar-refractivity contribution in [3.63, 3.8) is 0 Å². The number of ether oxygens (including phenoxy) is 1. The van der Waals surface area contributed by atoms with Crippen molar-refractivity contribution in [3.05, 3.63) is 54.6 Å². The molecule has 2 aromatic rings. The minimum absolute atomic E-state index is 0.272. The maximum Gasteiger partial charge on any atom is 0.247 e. The fourth-order valence-corrected chi connectivity index (χ4v) is 4.95. The van der Waals surface area contributed by atoms with Crippen LogP contribution in [0.2, 0.25) is 0 Å². The minimum Gasteiger partial charge on any atom is -0.495 e. The molecule has 2 saturated heterocycles. The smallest absolute Gasteiger partial charge is 0.247 e. The largest absolute Gasteiger partial charge is 0.495 e. The number of amides is 1. The summed E-state index contributed by atoms with van der Waals surface area (Å²) >= 11 is 6.59. The van der Waals surface area contributed by atoms with Crippen molar-refractivity contribution in [3.8, 4) is 11.8 Å².